The second-order valence-electron chi connectivity index (χ2n) is 28.2. The number of nitrogens with one attached hydrogen (secondary N) is 4. The number of ether oxygens (including phenoxy) is 17. The summed E-state index contributed by atoms with van der Waals surface area (Å²) in [5.74, 6) is -3.63. The molecule has 9 saturated heterocycles. The molecule has 0 aliphatic carbocycles. The number of hydrogen-bond acceptors (Lipinski definition) is 44. The highest BCUT2D eigenvalue weighted by Gasteiger charge is 2.61. The van der Waals surface area contributed by atoms with E-state index in [1.165, 1.54) is 13.8 Å². The van der Waals surface area contributed by atoms with Gasteiger partial charge in [0.15, 0.2) is 56.6 Å². The number of aliphatic hydroxyl groups excluding tert-OH is 23. The van der Waals surface area contributed by atoms with Gasteiger partial charge in [-0.15, -0.1) is 0 Å². The zero-order valence-corrected chi connectivity index (χ0v) is 59.8. The molecule has 0 unspecified atom stereocenters. The van der Waals surface area contributed by atoms with E-state index >= 15 is 0 Å². The lowest BCUT2D eigenvalue weighted by atomic mass is 9.93. The summed E-state index contributed by atoms with van der Waals surface area (Å²) in [7, 11) is 0. The van der Waals surface area contributed by atoms with Crippen molar-refractivity contribution < 1.29 is 217 Å². The highest BCUT2D eigenvalue weighted by atomic mass is 16.8. The van der Waals surface area contributed by atoms with E-state index in [4.69, 9.17) is 80.5 Å². The molecule has 0 spiro atoms. The van der Waals surface area contributed by atoms with Crippen LogP contribution in [0.5, 0.6) is 0 Å². The van der Waals surface area contributed by atoms with Crippen LogP contribution in [0.25, 0.3) is 0 Å². The summed E-state index contributed by atoms with van der Waals surface area (Å²) in [4.78, 5) is 51.7. The van der Waals surface area contributed by atoms with Crippen molar-refractivity contribution in [2.24, 2.45) is 0 Å². The molecule has 4 amide bonds. The fourth-order valence-corrected chi connectivity index (χ4v) is 14.2. The van der Waals surface area contributed by atoms with E-state index in [0.717, 1.165) is 27.7 Å². The van der Waals surface area contributed by atoms with Gasteiger partial charge in [0.1, 0.15) is 207 Å². The minimum atomic E-state index is -2.53. The van der Waals surface area contributed by atoms with Crippen molar-refractivity contribution in [3.63, 3.8) is 0 Å². The molecule has 0 aromatic heterocycles. The van der Waals surface area contributed by atoms with Gasteiger partial charge in [0.2, 0.25) is 23.6 Å². The van der Waals surface area contributed by atoms with Crippen molar-refractivity contribution in [3.8, 4) is 0 Å². The molecular weight excluding hydrogens is 1500 g/mol. The van der Waals surface area contributed by atoms with Crippen LogP contribution in [0.1, 0.15) is 41.5 Å². The number of hydrogen-bond donors (Lipinski definition) is 27. The number of rotatable bonds is 27. The predicted molar refractivity (Wildman–Crippen MR) is 341 cm³/mol. The molecule has 9 heterocycles. The Bertz CT molecular complexity index is 2940. The first-order chi connectivity index (χ1) is 51.9. The summed E-state index contributed by atoms with van der Waals surface area (Å²) in [6, 6.07) is -7.40. The largest absolute Gasteiger partial charge is 0.394 e. The fourth-order valence-electron chi connectivity index (χ4n) is 14.2. The molecule has 0 aromatic rings. The van der Waals surface area contributed by atoms with Crippen molar-refractivity contribution in [3.05, 3.63) is 0 Å². The maximum Gasteiger partial charge on any atom is 0.217 e. The third-order valence-corrected chi connectivity index (χ3v) is 20.3. The Morgan fingerprint density at radius 3 is 1.02 bits per heavy atom. The Kier molecular flexibility index (Phi) is 32.0. The minimum Gasteiger partial charge on any atom is -0.394 e. The second-order valence-corrected chi connectivity index (χ2v) is 28.2. The Morgan fingerprint density at radius 1 is 0.255 bits per heavy atom. The third kappa shape index (κ3) is 19.9. The Labute approximate surface area is 624 Å². The van der Waals surface area contributed by atoms with Crippen molar-refractivity contribution in [2.75, 3.05) is 46.2 Å². The van der Waals surface area contributed by atoms with Gasteiger partial charge in [0.05, 0.1) is 58.5 Å². The lowest BCUT2D eigenvalue weighted by Crippen LogP contribution is -2.71. The maximum atomic E-state index is 13.4. The zero-order valence-electron chi connectivity index (χ0n) is 59.8. The molecular formula is C62H104N4O44. The Morgan fingerprint density at radius 2 is 0.564 bits per heavy atom. The molecule has 0 aromatic carbocycles. The zero-order chi connectivity index (χ0) is 81.1. The van der Waals surface area contributed by atoms with Crippen molar-refractivity contribution in [2.45, 2.75) is 318 Å². The second kappa shape index (κ2) is 39.0. The van der Waals surface area contributed by atoms with Gasteiger partial charge in [0.25, 0.3) is 0 Å². The first-order valence-electron chi connectivity index (χ1n) is 35.3. The molecule has 9 rings (SSSR count). The SMILES string of the molecule is CC(=O)N[C@@H]1[C@@H](O[C@@H]2O[C@H](CO[C@@H]3O[C@H](CO)[C@@H](O[C@@H]4O[C@H](CO)[C@H](O)[C@H](O)[C@H]4O[C@@H]4O[C@@H](C)[C@@H](O)[C@@H](O)[C@@H]4O)[C@H](O)[C@H]3NC(C)=O)[C@H](O)[C@H](O[C@@H]3O[C@H](CO)[C@@H](O)[C@H](O[C@@H]4O[C@H](CO)[C@H](O)[C@H](O)[C@H]4O[C@@H]4O[C@@H](C)[C@@H](O)[C@@H](O)[C@@H]4O)[C@H]3NC(C)=O)[C@H]2O)[C@@H](O)[C@@H](CO[C@@H]2O[C@H](CO)[C@@H](O)[C@H](O)[C@H]2NC(C)=O)O[C@@H]1O. The van der Waals surface area contributed by atoms with Crippen LogP contribution in [-0.2, 0) is 99.7 Å². The summed E-state index contributed by atoms with van der Waals surface area (Å²) in [6.45, 7) is -0.890. The van der Waals surface area contributed by atoms with Crippen LogP contribution in [0.2, 0.25) is 0 Å². The smallest absolute Gasteiger partial charge is 0.217 e. The van der Waals surface area contributed by atoms with E-state index < -0.39 is 346 Å². The summed E-state index contributed by atoms with van der Waals surface area (Å²) in [5.41, 5.74) is 0. The molecule has 48 heteroatoms. The molecule has 0 bridgehead atoms. The van der Waals surface area contributed by atoms with Gasteiger partial charge in [0, 0.05) is 27.7 Å². The highest BCUT2D eigenvalue weighted by Crippen LogP contribution is 2.40. The quantitative estimate of drug-likeness (QED) is 0.0363. The average Bonchev–Trinajstić information content (AvgIpc) is 0.756. The first kappa shape index (κ1) is 90.2. The van der Waals surface area contributed by atoms with E-state index in [-0.39, 0.29) is 0 Å². The van der Waals surface area contributed by atoms with Crippen LogP contribution in [-0.4, -0.2) is 463 Å². The molecule has 110 heavy (non-hydrogen) atoms. The lowest BCUT2D eigenvalue weighted by molar-refractivity contribution is -0.391. The number of amides is 4. The molecule has 27 N–H and O–H groups in total. The van der Waals surface area contributed by atoms with Crippen molar-refractivity contribution in [1.82, 2.24) is 21.3 Å². The number of aliphatic hydroxyl groups is 23. The summed E-state index contributed by atoms with van der Waals surface area (Å²) >= 11 is 0. The summed E-state index contributed by atoms with van der Waals surface area (Å²) < 4.78 is 101. The van der Waals surface area contributed by atoms with Gasteiger partial charge in [-0.2, -0.15) is 0 Å². The van der Waals surface area contributed by atoms with E-state index in [2.05, 4.69) is 21.3 Å². The van der Waals surface area contributed by atoms with Gasteiger partial charge < -0.3 is 219 Å². The van der Waals surface area contributed by atoms with Crippen molar-refractivity contribution >= 4 is 23.6 Å². The fraction of sp³-hybridized carbons (Fsp3) is 0.935. The average molecular weight is 1610 g/mol. The normalized spacial score (nSPS) is 49.6. The monoisotopic (exact) mass is 1610 g/mol. The van der Waals surface area contributed by atoms with Crippen LogP contribution < -0.4 is 21.3 Å². The van der Waals surface area contributed by atoms with E-state index in [1.807, 2.05) is 0 Å². The van der Waals surface area contributed by atoms with Crippen molar-refractivity contribution in [1.29, 1.82) is 0 Å². The third-order valence-electron chi connectivity index (χ3n) is 20.3. The van der Waals surface area contributed by atoms with Gasteiger partial charge in [-0.25, -0.2) is 0 Å². The molecule has 636 valence electrons. The molecule has 9 aliphatic rings. The molecule has 45 atom stereocenters. The van der Waals surface area contributed by atoms with Crippen LogP contribution in [0.4, 0.5) is 0 Å². The standard InChI is InChI=1S/C62H104N4O44/c1-14-31(76)41(86)45(90)58(96-14)109-52-43(88)34(79)21(8-68)101-61(52)105-48-24(11-71)103-56(28(40(48)85)64-17(4)73)95-13-26-38(83)51(47(92)60(104-26)106-49-29(65-18(5)74)54(93)98-25(37(49)82)12-94-55-27(63-16(3)72)39(84)33(78)20(7-67)99-55)108-57-30(66-19(6)75)50(36(81)23(10-70)100-57)107-62-53(44(89)35(80)22(9-69)102-62)110-59-46(91)42(87)32(77)15(2)97-59/h14-15,20-62,67-71,76-93H,7-13H2,1-6H3,(H,63,72)(H,64,73)(H,65,74)(H,66,75)/t14-,15-,20+,21+,22+,23+,24+,25+,26+,27+,28+,29+,30+,31+,32+,33+,34-,35-,36+,37-,38-,39+,40+,41+,42+,43-,44-,45-,46-,47+,48+,49+,50+,51-,52+,53+,54-,55+,56+,57-,58-,59-,60-,61-,62-/m0/s1. The summed E-state index contributed by atoms with van der Waals surface area (Å²) in [6.07, 6.45) is -81.4. The van der Waals surface area contributed by atoms with Crippen LogP contribution in [0, 0.1) is 0 Å². The van der Waals surface area contributed by atoms with Crippen LogP contribution in [0.3, 0.4) is 0 Å². The topological polar surface area (TPSA) is 739 Å². The van der Waals surface area contributed by atoms with Crippen LogP contribution >= 0.6 is 0 Å². The van der Waals surface area contributed by atoms with Gasteiger partial charge >= 0.3 is 0 Å². The van der Waals surface area contributed by atoms with Gasteiger partial charge in [-0.3, -0.25) is 19.2 Å². The molecule has 0 saturated carbocycles. The molecule has 48 nitrogen and oxygen atoms in total. The first-order valence-corrected chi connectivity index (χ1v) is 35.3. The van der Waals surface area contributed by atoms with E-state index in [1.54, 1.807) is 0 Å². The molecule has 9 fully saturated rings. The summed E-state index contributed by atoms with van der Waals surface area (Å²) in [5, 5.41) is 266. The van der Waals surface area contributed by atoms with E-state index in [0.29, 0.717) is 0 Å². The Hall–Kier alpha value is -3.72. The van der Waals surface area contributed by atoms with E-state index in [9.17, 15) is 137 Å². The molecule has 9 aliphatic heterocycles. The predicted octanol–water partition coefficient (Wildman–Crippen LogP) is -18.0. The minimum absolute atomic E-state index is 0.770. The Balaban J connectivity index is 1.05. The van der Waals surface area contributed by atoms with Gasteiger partial charge in [-0.1, -0.05) is 0 Å². The maximum absolute atomic E-state index is 13.4. The molecule has 0 radical (unpaired) electrons. The lowest BCUT2D eigenvalue weighted by Gasteiger charge is -2.51. The highest BCUT2D eigenvalue weighted by molar-refractivity contribution is 5.74. The number of carbonyl (C=O) groups is 4. The number of carbonyl (C=O) groups excluding carboxylic acids is 4. The van der Waals surface area contributed by atoms with Crippen LogP contribution in [0.15, 0.2) is 0 Å². The van der Waals surface area contributed by atoms with Gasteiger partial charge in [-0.05, 0) is 13.8 Å².